The van der Waals surface area contributed by atoms with Gasteiger partial charge < -0.3 is 0 Å². The first-order valence-electron chi connectivity index (χ1n) is 5.88. The molecule has 2 heteroatoms. The van der Waals surface area contributed by atoms with Crippen molar-refractivity contribution in [2.75, 3.05) is 0 Å². The van der Waals surface area contributed by atoms with E-state index in [4.69, 9.17) is 11.6 Å². The van der Waals surface area contributed by atoms with E-state index in [1.165, 1.54) is 5.56 Å². The van der Waals surface area contributed by atoms with Crippen LogP contribution in [0.3, 0.4) is 0 Å². The minimum absolute atomic E-state index is 0.103. The minimum atomic E-state index is -0.234. The number of benzene rings is 1. The summed E-state index contributed by atoms with van der Waals surface area (Å²) in [5.41, 5.74) is 1.42. The lowest BCUT2D eigenvalue weighted by atomic mass is 9.73. The second-order valence-corrected chi connectivity index (χ2v) is 4.63. The maximum Gasteiger partial charge on any atom is 0.221 e. The molecule has 0 saturated heterocycles. The summed E-state index contributed by atoms with van der Waals surface area (Å²) in [7, 11) is 0. The zero-order valence-electron chi connectivity index (χ0n) is 10.0. The van der Waals surface area contributed by atoms with Crippen molar-refractivity contribution in [3.05, 3.63) is 35.9 Å². The fourth-order valence-electron chi connectivity index (χ4n) is 2.29. The van der Waals surface area contributed by atoms with Gasteiger partial charge in [0, 0.05) is 6.42 Å². The fourth-order valence-corrected chi connectivity index (χ4v) is 2.38. The van der Waals surface area contributed by atoms with E-state index in [1.54, 1.807) is 0 Å². The molecule has 16 heavy (non-hydrogen) atoms. The third kappa shape index (κ3) is 3.08. The molecule has 1 nitrogen and oxygen atoms in total. The summed E-state index contributed by atoms with van der Waals surface area (Å²) in [6.07, 6.45) is 3.37. The van der Waals surface area contributed by atoms with Gasteiger partial charge in [0.05, 0.1) is 0 Å². The van der Waals surface area contributed by atoms with Gasteiger partial charge in [0.2, 0.25) is 5.24 Å². The highest BCUT2D eigenvalue weighted by molar-refractivity contribution is 6.63. The van der Waals surface area contributed by atoms with E-state index >= 15 is 0 Å². The van der Waals surface area contributed by atoms with Gasteiger partial charge in [-0.1, -0.05) is 44.2 Å². The van der Waals surface area contributed by atoms with Crippen LogP contribution in [-0.2, 0) is 10.2 Å². The minimum Gasteiger partial charge on any atom is -0.281 e. The lowest BCUT2D eigenvalue weighted by molar-refractivity contribution is -0.112. The monoisotopic (exact) mass is 238 g/mol. The third-order valence-corrected chi connectivity index (χ3v) is 3.73. The molecule has 1 aromatic carbocycles. The average molecular weight is 239 g/mol. The van der Waals surface area contributed by atoms with E-state index in [0.29, 0.717) is 6.42 Å². The predicted molar refractivity (Wildman–Crippen MR) is 68.8 cm³/mol. The molecule has 0 bridgehead atoms. The van der Waals surface area contributed by atoms with Crippen molar-refractivity contribution in [2.45, 2.75) is 44.9 Å². The average Bonchev–Trinajstić information content (AvgIpc) is 2.32. The van der Waals surface area contributed by atoms with Crippen molar-refractivity contribution in [2.24, 2.45) is 0 Å². The first-order valence-corrected chi connectivity index (χ1v) is 6.26. The standard InChI is InChI=1S/C14H19ClO/c1-3-14(4-2,11-10-13(15)16)12-8-6-5-7-9-12/h5-9H,3-4,10-11H2,1-2H3. The molecule has 0 spiro atoms. The molecule has 1 rings (SSSR count). The summed E-state index contributed by atoms with van der Waals surface area (Å²) in [6.45, 7) is 4.35. The maximum absolute atomic E-state index is 10.9. The van der Waals surface area contributed by atoms with Crippen LogP contribution in [0.4, 0.5) is 0 Å². The van der Waals surface area contributed by atoms with Gasteiger partial charge in [0.25, 0.3) is 0 Å². The number of hydrogen-bond acceptors (Lipinski definition) is 1. The summed E-state index contributed by atoms with van der Waals surface area (Å²) in [4.78, 5) is 10.9. The highest BCUT2D eigenvalue weighted by Gasteiger charge is 2.28. The molecule has 0 aromatic heterocycles. The van der Waals surface area contributed by atoms with Crippen LogP contribution in [0.25, 0.3) is 0 Å². The summed E-state index contributed by atoms with van der Waals surface area (Å²) in [5.74, 6) is 0. The highest BCUT2D eigenvalue weighted by Crippen LogP contribution is 2.36. The second kappa shape index (κ2) is 6.05. The van der Waals surface area contributed by atoms with Gasteiger partial charge in [-0.3, -0.25) is 4.79 Å². The van der Waals surface area contributed by atoms with Crippen LogP contribution in [0.2, 0.25) is 0 Å². The third-order valence-electron chi connectivity index (χ3n) is 3.54. The maximum atomic E-state index is 10.9. The van der Waals surface area contributed by atoms with E-state index in [2.05, 4.69) is 38.1 Å². The van der Waals surface area contributed by atoms with Crippen LogP contribution in [-0.4, -0.2) is 5.24 Å². The van der Waals surface area contributed by atoms with Crippen molar-refractivity contribution in [3.63, 3.8) is 0 Å². The van der Waals surface area contributed by atoms with Crippen molar-refractivity contribution in [1.82, 2.24) is 0 Å². The van der Waals surface area contributed by atoms with Gasteiger partial charge in [0.15, 0.2) is 0 Å². The van der Waals surface area contributed by atoms with E-state index in [-0.39, 0.29) is 10.7 Å². The quantitative estimate of drug-likeness (QED) is 0.676. The first-order chi connectivity index (χ1) is 7.64. The highest BCUT2D eigenvalue weighted by atomic mass is 35.5. The van der Waals surface area contributed by atoms with Crippen LogP contribution < -0.4 is 0 Å². The van der Waals surface area contributed by atoms with E-state index < -0.39 is 0 Å². The zero-order chi connectivity index (χ0) is 12.0. The molecule has 0 fully saturated rings. The Bertz CT molecular complexity index is 328. The summed E-state index contributed by atoms with van der Waals surface area (Å²) in [5, 5.41) is -0.234. The Kier molecular flexibility index (Phi) is 5.01. The van der Waals surface area contributed by atoms with Gasteiger partial charge >= 0.3 is 0 Å². The Balaban J connectivity index is 2.92. The predicted octanol–water partition coefficient (Wildman–Crippen LogP) is 4.29. The zero-order valence-corrected chi connectivity index (χ0v) is 10.8. The molecule has 0 amide bonds. The molecule has 0 saturated carbocycles. The van der Waals surface area contributed by atoms with Crippen LogP contribution in [0, 0.1) is 0 Å². The van der Waals surface area contributed by atoms with Gasteiger partial charge in [-0.05, 0) is 41.8 Å². The molecule has 1 aromatic rings. The number of rotatable bonds is 6. The molecule has 0 atom stereocenters. The van der Waals surface area contributed by atoms with Crippen LogP contribution >= 0.6 is 11.6 Å². The fraction of sp³-hybridized carbons (Fsp3) is 0.500. The SMILES string of the molecule is CCC(CC)(CCC(=O)Cl)c1ccccc1. The number of carbonyl (C=O) groups excluding carboxylic acids is 1. The Morgan fingerprint density at radius 3 is 2.19 bits per heavy atom. The van der Waals surface area contributed by atoms with Crippen LogP contribution in [0.15, 0.2) is 30.3 Å². The van der Waals surface area contributed by atoms with Crippen molar-refractivity contribution >= 4 is 16.8 Å². The molecule has 0 N–H and O–H groups in total. The number of halogens is 1. The van der Waals surface area contributed by atoms with Crippen molar-refractivity contribution in [1.29, 1.82) is 0 Å². The second-order valence-electron chi connectivity index (χ2n) is 4.21. The molecule has 0 aliphatic carbocycles. The molecule has 0 unspecified atom stereocenters. The Morgan fingerprint density at radius 1 is 1.19 bits per heavy atom. The summed E-state index contributed by atoms with van der Waals surface area (Å²) in [6, 6.07) is 10.4. The van der Waals surface area contributed by atoms with E-state index in [1.807, 2.05) is 6.07 Å². The summed E-state index contributed by atoms with van der Waals surface area (Å²) >= 11 is 5.45. The molecule has 0 radical (unpaired) electrons. The van der Waals surface area contributed by atoms with Gasteiger partial charge in [-0.25, -0.2) is 0 Å². The first kappa shape index (κ1) is 13.2. The number of carbonyl (C=O) groups is 1. The van der Waals surface area contributed by atoms with Gasteiger partial charge in [0.1, 0.15) is 0 Å². The van der Waals surface area contributed by atoms with Crippen LogP contribution in [0.1, 0.15) is 45.1 Å². The molecule has 0 heterocycles. The normalized spacial score (nSPS) is 11.4. The molecular formula is C14H19ClO. The molecule has 0 aliphatic heterocycles. The van der Waals surface area contributed by atoms with Crippen molar-refractivity contribution < 1.29 is 4.79 Å². The molecule has 0 aliphatic rings. The van der Waals surface area contributed by atoms with E-state index in [0.717, 1.165) is 19.3 Å². The van der Waals surface area contributed by atoms with Crippen molar-refractivity contribution in [3.8, 4) is 0 Å². The number of hydrogen-bond donors (Lipinski definition) is 0. The van der Waals surface area contributed by atoms with Crippen LogP contribution in [0.5, 0.6) is 0 Å². The lowest BCUT2D eigenvalue weighted by Gasteiger charge is -2.32. The Hall–Kier alpha value is -0.820. The Morgan fingerprint density at radius 2 is 1.75 bits per heavy atom. The summed E-state index contributed by atoms with van der Waals surface area (Å²) < 4.78 is 0. The molecular weight excluding hydrogens is 220 g/mol. The van der Waals surface area contributed by atoms with E-state index in [9.17, 15) is 4.79 Å². The van der Waals surface area contributed by atoms with Gasteiger partial charge in [-0.15, -0.1) is 0 Å². The smallest absolute Gasteiger partial charge is 0.221 e. The largest absolute Gasteiger partial charge is 0.281 e. The Labute approximate surface area is 103 Å². The lowest BCUT2D eigenvalue weighted by Crippen LogP contribution is -2.25. The topological polar surface area (TPSA) is 17.1 Å². The molecule has 88 valence electrons. The van der Waals surface area contributed by atoms with Gasteiger partial charge in [-0.2, -0.15) is 0 Å².